The van der Waals surface area contributed by atoms with Gasteiger partial charge in [-0.1, -0.05) is 24.3 Å². The average molecular weight is 527 g/mol. The largest absolute Gasteiger partial charge is 0.357 e. The number of nitrogens with one attached hydrogen (secondary N) is 2. The van der Waals surface area contributed by atoms with E-state index in [1.807, 2.05) is 24.0 Å². The zero-order valence-electron chi connectivity index (χ0n) is 17.3. The predicted octanol–water partition coefficient (Wildman–Crippen LogP) is 3.76. The lowest BCUT2D eigenvalue weighted by Gasteiger charge is -2.18. The van der Waals surface area contributed by atoms with Crippen molar-refractivity contribution in [2.24, 2.45) is 4.99 Å². The number of thiazole rings is 1. The molecule has 158 valence electrons. The number of hydrogen-bond donors (Lipinski definition) is 2. The van der Waals surface area contributed by atoms with Crippen molar-refractivity contribution >= 4 is 47.2 Å². The summed E-state index contributed by atoms with van der Waals surface area (Å²) < 4.78 is 0. The molecule has 1 aromatic heterocycles. The number of guanidine groups is 1. The van der Waals surface area contributed by atoms with E-state index in [1.54, 1.807) is 11.3 Å². The number of aromatic nitrogens is 1. The van der Waals surface area contributed by atoms with Crippen molar-refractivity contribution in [2.45, 2.75) is 53.2 Å². The fourth-order valence-corrected chi connectivity index (χ4v) is 4.10. The number of benzene rings is 1. The molecular formula is C21H30IN5OS. The fraction of sp³-hybridized carbons (Fsp3) is 0.476. The summed E-state index contributed by atoms with van der Waals surface area (Å²) in [6, 6.07) is 8.25. The fourth-order valence-electron chi connectivity index (χ4n) is 3.22. The van der Waals surface area contributed by atoms with Crippen LogP contribution in [0, 0.1) is 13.8 Å². The first-order chi connectivity index (χ1) is 13.6. The molecule has 0 radical (unpaired) electrons. The van der Waals surface area contributed by atoms with Gasteiger partial charge < -0.3 is 15.5 Å². The second kappa shape index (κ2) is 11.5. The maximum absolute atomic E-state index is 12.0. The molecule has 8 heteroatoms. The smallest absolute Gasteiger partial charge is 0.222 e. The summed E-state index contributed by atoms with van der Waals surface area (Å²) in [5, 5.41) is 7.73. The van der Waals surface area contributed by atoms with Crippen LogP contribution in [-0.4, -0.2) is 34.8 Å². The molecule has 2 heterocycles. The molecule has 1 fully saturated rings. The highest BCUT2D eigenvalue weighted by Gasteiger charge is 2.20. The number of aryl methyl sites for hydroxylation is 2. The van der Waals surface area contributed by atoms with E-state index in [4.69, 9.17) is 4.99 Å². The monoisotopic (exact) mass is 527 g/mol. The van der Waals surface area contributed by atoms with Crippen molar-refractivity contribution in [3.8, 4) is 0 Å². The molecule has 1 saturated heterocycles. The standard InChI is InChI=1S/C21H29N5OS.HI/c1-4-22-21(24-13-19-25-15(2)16(3)28-19)23-12-17-8-5-6-9-18(17)14-26-11-7-10-20(26)27;/h5-6,8-9H,4,7,10-14H2,1-3H3,(H2,22,23,24);1H. The number of hydrogen-bond acceptors (Lipinski definition) is 4. The van der Waals surface area contributed by atoms with Crippen LogP contribution < -0.4 is 10.6 Å². The second-order valence-corrected chi connectivity index (χ2v) is 8.27. The molecule has 0 bridgehead atoms. The van der Waals surface area contributed by atoms with E-state index in [1.165, 1.54) is 10.4 Å². The summed E-state index contributed by atoms with van der Waals surface area (Å²) >= 11 is 1.72. The number of likely N-dealkylation sites (tertiary alicyclic amines) is 1. The van der Waals surface area contributed by atoms with Gasteiger partial charge in [0.25, 0.3) is 0 Å². The molecule has 6 nitrogen and oxygen atoms in total. The van der Waals surface area contributed by atoms with Gasteiger partial charge in [-0.15, -0.1) is 35.3 Å². The van der Waals surface area contributed by atoms with Crippen LogP contribution in [0.2, 0.25) is 0 Å². The van der Waals surface area contributed by atoms with Crippen molar-refractivity contribution in [2.75, 3.05) is 13.1 Å². The van der Waals surface area contributed by atoms with Crippen molar-refractivity contribution < 1.29 is 4.79 Å². The quantitative estimate of drug-likeness (QED) is 0.327. The molecule has 0 saturated carbocycles. The van der Waals surface area contributed by atoms with Crippen LogP contribution in [-0.2, 0) is 24.4 Å². The van der Waals surface area contributed by atoms with Gasteiger partial charge in [-0.3, -0.25) is 4.79 Å². The lowest BCUT2D eigenvalue weighted by atomic mass is 10.1. The highest BCUT2D eigenvalue weighted by atomic mass is 127. The van der Waals surface area contributed by atoms with Crippen LogP contribution in [0.5, 0.6) is 0 Å². The third kappa shape index (κ3) is 6.67. The SMILES string of the molecule is CCNC(=NCc1ccccc1CN1CCCC1=O)NCc1nc(C)c(C)s1.I. The van der Waals surface area contributed by atoms with Gasteiger partial charge in [-0.2, -0.15) is 0 Å². The predicted molar refractivity (Wildman–Crippen MR) is 130 cm³/mol. The van der Waals surface area contributed by atoms with E-state index < -0.39 is 0 Å². The molecule has 29 heavy (non-hydrogen) atoms. The van der Waals surface area contributed by atoms with E-state index >= 15 is 0 Å². The lowest BCUT2D eigenvalue weighted by molar-refractivity contribution is -0.128. The van der Waals surface area contributed by atoms with Gasteiger partial charge in [-0.25, -0.2) is 9.98 Å². The number of rotatable bonds is 7. The van der Waals surface area contributed by atoms with Gasteiger partial charge in [0.2, 0.25) is 5.91 Å². The summed E-state index contributed by atoms with van der Waals surface area (Å²) in [7, 11) is 0. The molecule has 0 unspecified atom stereocenters. The van der Waals surface area contributed by atoms with Gasteiger partial charge in [0.15, 0.2) is 5.96 Å². The van der Waals surface area contributed by atoms with Crippen LogP contribution in [0.4, 0.5) is 0 Å². The molecule has 3 rings (SSSR count). The van der Waals surface area contributed by atoms with Crippen LogP contribution in [0.3, 0.4) is 0 Å². The van der Waals surface area contributed by atoms with Crippen LogP contribution in [0.15, 0.2) is 29.3 Å². The first-order valence-corrected chi connectivity index (χ1v) is 10.7. The van der Waals surface area contributed by atoms with Crippen molar-refractivity contribution in [1.82, 2.24) is 20.5 Å². The summed E-state index contributed by atoms with van der Waals surface area (Å²) in [6.45, 7) is 9.75. The van der Waals surface area contributed by atoms with E-state index in [9.17, 15) is 4.79 Å². The van der Waals surface area contributed by atoms with Gasteiger partial charge in [-0.05, 0) is 38.3 Å². The number of nitrogens with zero attached hydrogens (tertiary/aromatic N) is 3. The first kappa shape index (κ1) is 23.6. The Morgan fingerprint density at radius 3 is 2.62 bits per heavy atom. The van der Waals surface area contributed by atoms with Crippen molar-refractivity contribution in [3.05, 3.63) is 51.0 Å². The van der Waals surface area contributed by atoms with E-state index in [2.05, 4.69) is 41.6 Å². The molecule has 1 amide bonds. The zero-order valence-corrected chi connectivity index (χ0v) is 20.5. The third-order valence-corrected chi connectivity index (χ3v) is 5.96. The number of aliphatic imine (C=N–C) groups is 1. The van der Waals surface area contributed by atoms with Crippen LogP contribution in [0.25, 0.3) is 0 Å². The Kier molecular flexibility index (Phi) is 9.35. The highest BCUT2D eigenvalue weighted by molar-refractivity contribution is 14.0. The van der Waals surface area contributed by atoms with Gasteiger partial charge in [0, 0.05) is 30.9 Å². The summed E-state index contributed by atoms with van der Waals surface area (Å²) in [6.07, 6.45) is 1.63. The molecule has 2 aromatic rings. The topological polar surface area (TPSA) is 69.6 Å². The molecule has 0 atom stereocenters. The Morgan fingerprint density at radius 2 is 2.00 bits per heavy atom. The minimum absolute atomic E-state index is 0. The molecular weight excluding hydrogens is 497 g/mol. The normalized spacial score (nSPS) is 14.1. The van der Waals surface area contributed by atoms with E-state index in [-0.39, 0.29) is 29.9 Å². The summed E-state index contributed by atoms with van der Waals surface area (Å²) in [5.74, 6) is 1.03. The Labute approximate surface area is 194 Å². The van der Waals surface area contributed by atoms with Gasteiger partial charge >= 0.3 is 0 Å². The molecule has 1 aliphatic heterocycles. The van der Waals surface area contributed by atoms with Crippen LogP contribution >= 0.6 is 35.3 Å². The third-order valence-electron chi connectivity index (χ3n) is 4.88. The number of carbonyl (C=O) groups is 1. The minimum Gasteiger partial charge on any atom is -0.357 e. The Morgan fingerprint density at radius 1 is 1.24 bits per heavy atom. The number of halogens is 1. The van der Waals surface area contributed by atoms with Gasteiger partial charge in [0.05, 0.1) is 18.8 Å². The summed E-state index contributed by atoms with van der Waals surface area (Å²) in [5.41, 5.74) is 3.41. The maximum atomic E-state index is 12.0. The van der Waals surface area contributed by atoms with Crippen LogP contribution in [0.1, 0.15) is 46.5 Å². The minimum atomic E-state index is 0. The molecule has 1 aromatic carbocycles. The van der Waals surface area contributed by atoms with Gasteiger partial charge in [0.1, 0.15) is 5.01 Å². The lowest BCUT2D eigenvalue weighted by Crippen LogP contribution is -2.36. The van der Waals surface area contributed by atoms with Crippen molar-refractivity contribution in [1.29, 1.82) is 0 Å². The number of carbonyl (C=O) groups excluding carboxylic acids is 1. The number of amides is 1. The zero-order chi connectivity index (χ0) is 19.9. The van der Waals surface area contributed by atoms with Crippen molar-refractivity contribution in [3.63, 3.8) is 0 Å². The Bertz CT molecular complexity index is 832. The van der Waals surface area contributed by atoms with E-state index in [0.29, 0.717) is 26.1 Å². The highest BCUT2D eigenvalue weighted by Crippen LogP contribution is 2.18. The second-order valence-electron chi connectivity index (χ2n) is 6.99. The molecule has 2 N–H and O–H groups in total. The summed E-state index contributed by atoms with van der Waals surface area (Å²) in [4.78, 5) is 24.5. The Hall–Kier alpha value is -1.68. The average Bonchev–Trinajstić information content (AvgIpc) is 3.23. The molecule has 0 spiro atoms. The molecule has 0 aliphatic carbocycles. The Balaban J connectivity index is 0.00000300. The first-order valence-electron chi connectivity index (χ1n) is 9.86. The molecule has 1 aliphatic rings. The van der Waals surface area contributed by atoms with E-state index in [0.717, 1.165) is 41.7 Å². The maximum Gasteiger partial charge on any atom is 0.222 e.